The Kier molecular flexibility index (Phi) is 7.37. The molecule has 0 bridgehead atoms. The Morgan fingerprint density at radius 1 is 1.12 bits per heavy atom. The summed E-state index contributed by atoms with van der Waals surface area (Å²) in [5.74, 6) is 0. The summed E-state index contributed by atoms with van der Waals surface area (Å²) in [5.41, 5.74) is 4.63. The van der Waals surface area contributed by atoms with E-state index < -0.39 is 6.10 Å². The molecular formula is C21H26O3. The molecule has 0 saturated carbocycles. The van der Waals surface area contributed by atoms with Crippen LogP contribution >= 0.6 is 0 Å². The van der Waals surface area contributed by atoms with Crippen LogP contribution in [-0.4, -0.2) is 11.2 Å². The van der Waals surface area contributed by atoms with E-state index in [4.69, 9.17) is 8.83 Å². The minimum absolute atomic E-state index is 0.450. The number of furan rings is 2. The van der Waals surface area contributed by atoms with E-state index in [9.17, 15) is 5.11 Å². The minimum atomic E-state index is -0.450. The third-order valence-corrected chi connectivity index (χ3v) is 3.81. The molecule has 2 heterocycles. The number of allylic oxidation sites excluding steroid dienone is 4. The van der Waals surface area contributed by atoms with Gasteiger partial charge in [0.15, 0.2) is 0 Å². The lowest BCUT2D eigenvalue weighted by molar-refractivity contribution is 0.223. The van der Waals surface area contributed by atoms with Crippen molar-refractivity contribution in [1.82, 2.24) is 0 Å². The van der Waals surface area contributed by atoms with Crippen molar-refractivity contribution in [2.24, 2.45) is 0 Å². The molecule has 0 fully saturated rings. The second-order valence-electron chi connectivity index (χ2n) is 6.14. The highest BCUT2D eigenvalue weighted by molar-refractivity contribution is 5.21. The zero-order valence-electron chi connectivity index (χ0n) is 14.4. The molecule has 0 aliphatic heterocycles. The van der Waals surface area contributed by atoms with Gasteiger partial charge < -0.3 is 13.9 Å². The van der Waals surface area contributed by atoms with Gasteiger partial charge in [-0.05, 0) is 62.8 Å². The molecule has 0 aliphatic carbocycles. The van der Waals surface area contributed by atoms with Crippen LogP contribution in [-0.2, 0) is 12.8 Å². The van der Waals surface area contributed by atoms with Crippen LogP contribution < -0.4 is 0 Å². The number of hydrogen-bond donors (Lipinski definition) is 1. The third kappa shape index (κ3) is 6.88. The number of aryl methyl sites for hydroxylation is 1. The van der Waals surface area contributed by atoms with Crippen molar-refractivity contribution < 1.29 is 13.9 Å². The van der Waals surface area contributed by atoms with E-state index in [1.807, 2.05) is 31.2 Å². The van der Waals surface area contributed by atoms with Crippen LogP contribution in [0, 0.1) is 0 Å². The van der Waals surface area contributed by atoms with Gasteiger partial charge in [0.2, 0.25) is 0 Å². The highest BCUT2D eigenvalue weighted by atomic mass is 16.3. The smallest absolute Gasteiger partial charge is 0.0937 e. The summed E-state index contributed by atoms with van der Waals surface area (Å²) >= 11 is 0. The summed E-state index contributed by atoms with van der Waals surface area (Å²) in [5, 5.41) is 10.2. The highest BCUT2D eigenvalue weighted by Crippen LogP contribution is 2.12. The van der Waals surface area contributed by atoms with E-state index in [1.54, 1.807) is 25.1 Å². The summed E-state index contributed by atoms with van der Waals surface area (Å²) in [6, 6.07) is 3.94. The van der Waals surface area contributed by atoms with Gasteiger partial charge in [-0.15, -0.1) is 0 Å². The first kappa shape index (κ1) is 18.1. The molecule has 2 aromatic heterocycles. The van der Waals surface area contributed by atoms with Crippen molar-refractivity contribution >= 4 is 0 Å². The lowest BCUT2D eigenvalue weighted by Gasteiger charge is -2.07. The second-order valence-corrected chi connectivity index (χ2v) is 6.14. The van der Waals surface area contributed by atoms with E-state index in [1.165, 1.54) is 11.1 Å². The zero-order valence-corrected chi connectivity index (χ0v) is 14.4. The van der Waals surface area contributed by atoms with E-state index in [0.717, 1.165) is 30.4 Å². The molecule has 128 valence electrons. The first-order chi connectivity index (χ1) is 11.6. The highest BCUT2D eigenvalue weighted by Gasteiger charge is 2.02. The predicted molar refractivity (Wildman–Crippen MR) is 96.7 cm³/mol. The van der Waals surface area contributed by atoms with Crippen molar-refractivity contribution in [3.05, 3.63) is 83.8 Å². The van der Waals surface area contributed by atoms with Crippen molar-refractivity contribution in [1.29, 1.82) is 0 Å². The molecule has 1 unspecified atom stereocenters. The lowest BCUT2D eigenvalue weighted by Crippen LogP contribution is -2.03. The topological polar surface area (TPSA) is 46.5 Å². The summed E-state index contributed by atoms with van der Waals surface area (Å²) in [4.78, 5) is 0. The van der Waals surface area contributed by atoms with Crippen molar-refractivity contribution in [3.8, 4) is 0 Å². The molecule has 0 spiro atoms. The fraction of sp³-hybridized carbons (Fsp3) is 0.333. The Hall–Kier alpha value is -2.26. The third-order valence-electron chi connectivity index (χ3n) is 3.81. The van der Waals surface area contributed by atoms with E-state index in [2.05, 4.69) is 19.1 Å². The molecule has 0 radical (unpaired) electrons. The molecule has 1 atom stereocenters. The Morgan fingerprint density at radius 2 is 1.83 bits per heavy atom. The number of aliphatic hydroxyl groups is 1. The summed E-state index contributed by atoms with van der Waals surface area (Å²) < 4.78 is 10.1. The molecular weight excluding hydrogens is 300 g/mol. The Morgan fingerprint density at radius 3 is 2.50 bits per heavy atom. The van der Waals surface area contributed by atoms with Crippen molar-refractivity contribution in [2.75, 3.05) is 0 Å². The molecule has 0 amide bonds. The molecule has 0 aliphatic rings. The van der Waals surface area contributed by atoms with E-state index in [0.29, 0.717) is 6.42 Å². The summed E-state index contributed by atoms with van der Waals surface area (Å²) in [6.07, 6.45) is 18.1. The average molecular weight is 326 g/mol. The van der Waals surface area contributed by atoms with Gasteiger partial charge in [-0.2, -0.15) is 0 Å². The molecule has 3 nitrogen and oxygen atoms in total. The molecule has 1 N–H and O–H groups in total. The molecule has 2 rings (SSSR count). The van der Waals surface area contributed by atoms with Crippen LogP contribution in [0.2, 0.25) is 0 Å². The number of aliphatic hydroxyl groups excluding tert-OH is 1. The van der Waals surface area contributed by atoms with Gasteiger partial charge >= 0.3 is 0 Å². The van der Waals surface area contributed by atoms with E-state index >= 15 is 0 Å². The number of hydrogen-bond acceptors (Lipinski definition) is 3. The fourth-order valence-electron chi connectivity index (χ4n) is 2.54. The second kappa shape index (κ2) is 9.78. The summed E-state index contributed by atoms with van der Waals surface area (Å²) in [7, 11) is 0. The van der Waals surface area contributed by atoms with Crippen LogP contribution in [0.15, 0.2) is 81.5 Å². The number of rotatable bonds is 9. The predicted octanol–water partition coefficient (Wildman–Crippen LogP) is 5.25. The maximum absolute atomic E-state index is 10.2. The fourth-order valence-corrected chi connectivity index (χ4v) is 2.54. The van der Waals surface area contributed by atoms with Crippen molar-refractivity contribution in [2.45, 2.75) is 45.6 Å². The Bertz CT molecular complexity index is 658. The molecule has 3 heteroatoms. The van der Waals surface area contributed by atoms with Gasteiger partial charge in [0, 0.05) is 0 Å². The van der Waals surface area contributed by atoms with Crippen LogP contribution in [0.1, 0.15) is 37.8 Å². The monoisotopic (exact) mass is 326 g/mol. The van der Waals surface area contributed by atoms with E-state index in [-0.39, 0.29) is 0 Å². The van der Waals surface area contributed by atoms with Crippen LogP contribution in [0.25, 0.3) is 0 Å². The van der Waals surface area contributed by atoms with Gasteiger partial charge in [0.1, 0.15) is 0 Å². The Balaban J connectivity index is 1.73. The maximum atomic E-state index is 10.2. The van der Waals surface area contributed by atoms with Crippen LogP contribution in [0.5, 0.6) is 0 Å². The maximum Gasteiger partial charge on any atom is 0.0937 e. The van der Waals surface area contributed by atoms with Gasteiger partial charge in [-0.3, -0.25) is 0 Å². The molecule has 0 aromatic carbocycles. The van der Waals surface area contributed by atoms with Gasteiger partial charge in [0.25, 0.3) is 0 Å². The van der Waals surface area contributed by atoms with Gasteiger partial charge in [-0.1, -0.05) is 35.5 Å². The first-order valence-electron chi connectivity index (χ1n) is 8.34. The molecule has 24 heavy (non-hydrogen) atoms. The van der Waals surface area contributed by atoms with Crippen molar-refractivity contribution in [3.63, 3.8) is 0 Å². The largest absolute Gasteiger partial charge is 0.472 e. The zero-order chi connectivity index (χ0) is 17.2. The molecule has 0 saturated heterocycles. The average Bonchev–Trinajstić information content (AvgIpc) is 3.20. The van der Waals surface area contributed by atoms with Crippen LogP contribution in [0.4, 0.5) is 0 Å². The quantitative estimate of drug-likeness (QED) is 0.506. The SMILES string of the molecule is CC(C=CCc1ccoc1)=CC(O)CC(C)=CCCc1ccoc1. The first-order valence-corrected chi connectivity index (χ1v) is 8.34. The van der Waals surface area contributed by atoms with Gasteiger partial charge in [-0.25, -0.2) is 0 Å². The van der Waals surface area contributed by atoms with Gasteiger partial charge in [0.05, 0.1) is 31.2 Å². The summed E-state index contributed by atoms with van der Waals surface area (Å²) in [6.45, 7) is 4.07. The minimum Gasteiger partial charge on any atom is -0.472 e. The van der Waals surface area contributed by atoms with Crippen LogP contribution in [0.3, 0.4) is 0 Å². The Labute approximate surface area is 144 Å². The molecule has 2 aromatic rings. The standard InChI is InChI=1S/C21H26O3/c1-17(5-3-7-19-9-11-23-15-19)13-21(22)14-18(2)6-4-8-20-10-12-24-16-20/h3,5-6,9-13,15-16,21-22H,4,7-8,14H2,1-2H3. The normalized spacial score (nSPS) is 14.5. The lowest BCUT2D eigenvalue weighted by atomic mass is 10.0.